The summed E-state index contributed by atoms with van der Waals surface area (Å²) in [5, 5.41) is 0. The molecule has 1 atom stereocenters. The van der Waals surface area contributed by atoms with Gasteiger partial charge in [-0.25, -0.2) is 0 Å². The molecule has 3 saturated heterocycles. The molecule has 3 aliphatic heterocycles. The Hall–Kier alpha value is -0.750. The average Bonchev–Trinajstić information content (AvgIpc) is 3.10. The van der Waals surface area contributed by atoms with Crippen molar-refractivity contribution in [2.24, 2.45) is 11.8 Å². The van der Waals surface area contributed by atoms with Gasteiger partial charge in [0.15, 0.2) is 0 Å². The molecule has 0 radical (unpaired) electrons. The number of hydrogen-bond acceptors (Lipinski definition) is 4. The fourth-order valence-corrected chi connectivity index (χ4v) is 4.29. The fourth-order valence-electron chi connectivity index (χ4n) is 3.39. The largest absolute Gasteiger partial charge is 0.381 e. The molecule has 0 aromatic carbocycles. The van der Waals surface area contributed by atoms with Gasteiger partial charge in [0.1, 0.15) is 6.54 Å². The lowest BCUT2D eigenvalue weighted by Gasteiger charge is -2.27. The van der Waals surface area contributed by atoms with Gasteiger partial charge in [-0.1, -0.05) is 0 Å². The smallest absolute Gasteiger partial charge is 0.242 e. The normalized spacial score (nSPS) is 28.4. The van der Waals surface area contributed by atoms with E-state index < -0.39 is 0 Å². The predicted molar refractivity (Wildman–Crippen MR) is 77.3 cm³/mol. The molecule has 0 N–H and O–H groups in total. The number of amides is 2. The van der Waals surface area contributed by atoms with Crippen LogP contribution in [0.3, 0.4) is 0 Å². The van der Waals surface area contributed by atoms with E-state index in [2.05, 4.69) is 0 Å². The zero-order valence-corrected chi connectivity index (χ0v) is 12.6. The summed E-state index contributed by atoms with van der Waals surface area (Å²) in [6.45, 7) is 3.74. The molecule has 0 aromatic rings. The van der Waals surface area contributed by atoms with Gasteiger partial charge in [-0.3, -0.25) is 9.59 Å². The summed E-state index contributed by atoms with van der Waals surface area (Å²) in [5.41, 5.74) is 0. The summed E-state index contributed by atoms with van der Waals surface area (Å²) < 4.78 is 5.41. The zero-order chi connectivity index (χ0) is 13.9. The van der Waals surface area contributed by atoms with Crippen LogP contribution in [0.4, 0.5) is 0 Å². The van der Waals surface area contributed by atoms with Crippen molar-refractivity contribution >= 4 is 23.6 Å². The Labute approximate surface area is 124 Å². The lowest BCUT2D eigenvalue weighted by Crippen LogP contribution is -2.40. The molecule has 0 aromatic heterocycles. The Morgan fingerprint density at radius 1 is 1.25 bits per heavy atom. The highest BCUT2D eigenvalue weighted by molar-refractivity contribution is 8.00. The number of rotatable bonds is 3. The van der Waals surface area contributed by atoms with Crippen LogP contribution in [0.2, 0.25) is 0 Å². The number of thioether (sulfide) groups is 1. The lowest BCUT2D eigenvalue weighted by atomic mass is 9.85. The first-order valence-electron chi connectivity index (χ1n) is 7.45. The number of ether oxygens (including phenoxy) is 1. The molecule has 0 saturated carbocycles. The minimum Gasteiger partial charge on any atom is -0.381 e. The molecule has 0 spiro atoms. The van der Waals surface area contributed by atoms with Crippen LogP contribution in [0.5, 0.6) is 0 Å². The van der Waals surface area contributed by atoms with E-state index in [4.69, 9.17) is 4.74 Å². The van der Waals surface area contributed by atoms with E-state index in [-0.39, 0.29) is 18.4 Å². The summed E-state index contributed by atoms with van der Waals surface area (Å²) >= 11 is 1.59. The molecule has 2 amide bonds. The maximum absolute atomic E-state index is 12.3. The lowest BCUT2D eigenvalue weighted by molar-refractivity contribution is -0.137. The third-order valence-electron chi connectivity index (χ3n) is 4.66. The average molecular weight is 298 g/mol. The minimum atomic E-state index is 0.100. The van der Waals surface area contributed by atoms with Crippen molar-refractivity contribution in [3.05, 3.63) is 0 Å². The highest BCUT2D eigenvalue weighted by Gasteiger charge is 2.34. The molecular formula is C14H22N2O3S. The maximum Gasteiger partial charge on any atom is 0.242 e. The zero-order valence-electron chi connectivity index (χ0n) is 11.8. The molecule has 5 nitrogen and oxygen atoms in total. The summed E-state index contributed by atoms with van der Waals surface area (Å²) in [4.78, 5) is 27.5. The Morgan fingerprint density at radius 2 is 2.05 bits per heavy atom. The molecule has 1 unspecified atom stereocenters. The van der Waals surface area contributed by atoms with Gasteiger partial charge in [0.05, 0.1) is 11.6 Å². The predicted octanol–water partition coefficient (Wildman–Crippen LogP) is 0.794. The van der Waals surface area contributed by atoms with E-state index in [9.17, 15) is 9.59 Å². The monoisotopic (exact) mass is 298 g/mol. The molecule has 3 rings (SSSR count). The number of carbonyl (C=O) groups excluding carboxylic acids is 2. The van der Waals surface area contributed by atoms with Crippen molar-refractivity contribution in [3.63, 3.8) is 0 Å². The second-order valence-corrected chi connectivity index (χ2v) is 6.86. The third-order valence-corrected chi connectivity index (χ3v) is 5.61. The molecule has 6 heteroatoms. The van der Waals surface area contributed by atoms with Crippen LogP contribution in [0, 0.1) is 11.8 Å². The van der Waals surface area contributed by atoms with E-state index in [0.717, 1.165) is 45.6 Å². The van der Waals surface area contributed by atoms with Gasteiger partial charge in [0, 0.05) is 26.3 Å². The van der Waals surface area contributed by atoms with Crippen LogP contribution >= 0.6 is 11.8 Å². The minimum absolute atomic E-state index is 0.100. The Bertz CT molecular complexity index is 385. The second-order valence-electron chi connectivity index (χ2n) is 5.91. The highest BCUT2D eigenvalue weighted by Crippen LogP contribution is 2.31. The van der Waals surface area contributed by atoms with Crippen LogP contribution in [-0.4, -0.2) is 66.1 Å². The standard InChI is InChI=1S/C14H22N2O3S/c17-13(8-16-10-20-9-14(16)18)15-4-1-12(7-15)11-2-5-19-6-3-11/h11-12H,1-10H2. The highest BCUT2D eigenvalue weighted by atomic mass is 32.2. The Kier molecular flexibility index (Phi) is 4.51. The summed E-state index contributed by atoms with van der Waals surface area (Å²) in [6, 6.07) is 0. The van der Waals surface area contributed by atoms with Crippen LogP contribution in [0.25, 0.3) is 0 Å². The van der Waals surface area contributed by atoms with Crippen molar-refractivity contribution in [1.82, 2.24) is 9.80 Å². The van der Waals surface area contributed by atoms with Gasteiger partial charge >= 0.3 is 0 Å². The molecule has 3 heterocycles. The fraction of sp³-hybridized carbons (Fsp3) is 0.857. The maximum atomic E-state index is 12.3. The molecule has 3 fully saturated rings. The molecule has 0 aliphatic carbocycles. The number of carbonyl (C=O) groups is 2. The molecule has 112 valence electrons. The van der Waals surface area contributed by atoms with Crippen LogP contribution < -0.4 is 0 Å². The van der Waals surface area contributed by atoms with Gasteiger partial charge in [-0.05, 0) is 31.1 Å². The van der Waals surface area contributed by atoms with Gasteiger partial charge in [0.25, 0.3) is 0 Å². The number of nitrogens with zero attached hydrogens (tertiary/aromatic N) is 2. The van der Waals surface area contributed by atoms with Crippen molar-refractivity contribution in [3.8, 4) is 0 Å². The first-order valence-corrected chi connectivity index (χ1v) is 8.60. The van der Waals surface area contributed by atoms with E-state index in [1.807, 2.05) is 4.90 Å². The van der Waals surface area contributed by atoms with Gasteiger partial charge in [-0.2, -0.15) is 0 Å². The number of likely N-dealkylation sites (tertiary alicyclic amines) is 1. The second kappa shape index (κ2) is 6.35. The molecule has 3 aliphatic rings. The van der Waals surface area contributed by atoms with Crippen molar-refractivity contribution < 1.29 is 14.3 Å². The first-order chi connectivity index (χ1) is 9.74. The summed E-state index contributed by atoms with van der Waals surface area (Å²) in [7, 11) is 0. The topological polar surface area (TPSA) is 49.9 Å². The molecular weight excluding hydrogens is 276 g/mol. The van der Waals surface area contributed by atoms with E-state index in [1.165, 1.54) is 0 Å². The van der Waals surface area contributed by atoms with Crippen LogP contribution in [-0.2, 0) is 14.3 Å². The Balaban J connectivity index is 1.48. The van der Waals surface area contributed by atoms with E-state index >= 15 is 0 Å². The summed E-state index contributed by atoms with van der Waals surface area (Å²) in [5.74, 6) is 2.76. The first kappa shape index (κ1) is 14.2. The Morgan fingerprint density at radius 3 is 2.75 bits per heavy atom. The molecule has 20 heavy (non-hydrogen) atoms. The summed E-state index contributed by atoms with van der Waals surface area (Å²) in [6.07, 6.45) is 3.38. The van der Waals surface area contributed by atoms with Gasteiger partial charge in [-0.15, -0.1) is 11.8 Å². The molecule has 0 bridgehead atoms. The third kappa shape index (κ3) is 3.11. The number of hydrogen-bond donors (Lipinski definition) is 0. The van der Waals surface area contributed by atoms with Crippen molar-refractivity contribution in [2.45, 2.75) is 19.3 Å². The van der Waals surface area contributed by atoms with E-state index in [0.29, 0.717) is 23.5 Å². The van der Waals surface area contributed by atoms with Crippen LogP contribution in [0.1, 0.15) is 19.3 Å². The van der Waals surface area contributed by atoms with Gasteiger partial charge in [0.2, 0.25) is 11.8 Å². The van der Waals surface area contributed by atoms with E-state index in [1.54, 1.807) is 16.7 Å². The van der Waals surface area contributed by atoms with Crippen molar-refractivity contribution in [1.29, 1.82) is 0 Å². The SMILES string of the molecule is O=C1CSCN1CC(=O)N1CCC(C2CCOCC2)C1. The van der Waals surface area contributed by atoms with Gasteiger partial charge < -0.3 is 14.5 Å². The van der Waals surface area contributed by atoms with Crippen LogP contribution in [0.15, 0.2) is 0 Å². The quantitative estimate of drug-likeness (QED) is 0.773. The van der Waals surface area contributed by atoms with Crippen molar-refractivity contribution in [2.75, 3.05) is 44.5 Å².